The summed E-state index contributed by atoms with van der Waals surface area (Å²) in [6, 6.07) is 3.26. The van der Waals surface area contributed by atoms with Gasteiger partial charge in [-0.3, -0.25) is 4.79 Å². The number of rotatable bonds is 4. The molecule has 0 bridgehead atoms. The van der Waals surface area contributed by atoms with Crippen LogP contribution < -0.4 is 11.1 Å². The van der Waals surface area contributed by atoms with Gasteiger partial charge in [-0.05, 0) is 26.1 Å². The summed E-state index contributed by atoms with van der Waals surface area (Å²) in [5.41, 5.74) is 3.88. The molecule has 0 radical (unpaired) electrons. The second kappa shape index (κ2) is 5.39. The summed E-state index contributed by atoms with van der Waals surface area (Å²) < 4.78 is 37.9. The molecule has 3 nitrogen and oxygen atoms in total. The highest BCUT2D eigenvalue weighted by molar-refractivity contribution is 6.01. The van der Waals surface area contributed by atoms with Crippen molar-refractivity contribution in [1.29, 1.82) is 0 Å². The lowest BCUT2D eigenvalue weighted by Crippen LogP contribution is -2.25. The number of carbonyl (C=O) groups excluding carboxylic acids is 1. The number of hydrogen-bond donors (Lipinski definition) is 2. The number of alkyl halides is 3. The van der Waals surface area contributed by atoms with E-state index >= 15 is 0 Å². The number of Topliss-reactive ketones (excluding diaryl/α,β-unsaturated/α-hetero) is 1. The molecule has 0 fully saturated rings. The maximum absolute atomic E-state index is 12.6. The van der Waals surface area contributed by atoms with E-state index in [1.54, 1.807) is 14.0 Å². The maximum atomic E-state index is 12.6. The van der Waals surface area contributed by atoms with Crippen molar-refractivity contribution < 1.29 is 18.0 Å². The van der Waals surface area contributed by atoms with Gasteiger partial charge in [0.05, 0.1) is 11.3 Å². The number of hydrogen-bond acceptors (Lipinski definition) is 3. The Hall–Kier alpha value is -1.56. The van der Waals surface area contributed by atoms with Crippen molar-refractivity contribution in [3.63, 3.8) is 0 Å². The molecule has 0 aliphatic heterocycles. The SMILES string of the molecule is CNC(C)CC(=O)c1cccc(C(F)(F)F)c1N. The average molecular weight is 260 g/mol. The predicted octanol–water partition coefficient (Wildman–Crippen LogP) is 2.47. The minimum absolute atomic E-state index is 0.0769. The Labute approximate surface area is 103 Å². The fourth-order valence-corrected chi connectivity index (χ4v) is 1.55. The van der Waals surface area contributed by atoms with E-state index in [1.165, 1.54) is 12.1 Å². The Bertz CT molecular complexity index is 443. The van der Waals surface area contributed by atoms with E-state index in [2.05, 4.69) is 5.32 Å². The fourth-order valence-electron chi connectivity index (χ4n) is 1.55. The van der Waals surface area contributed by atoms with E-state index in [4.69, 9.17) is 5.73 Å². The van der Waals surface area contributed by atoms with Crippen LogP contribution in [0.15, 0.2) is 18.2 Å². The lowest BCUT2D eigenvalue weighted by Gasteiger charge is -2.14. The fraction of sp³-hybridized carbons (Fsp3) is 0.417. The van der Waals surface area contributed by atoms with Crippen LogP contribution in [-0.4, -0.2) is 18.9 Å². The quantitative estimate of drug-likeness (QED) is 0.646. The molecule has 1 aromatic carbocycles. The number of nitrogens with two attached hydrogens (primary N) is 1. The van der Waals surface area contributed by atoms with Crippen molar-refractivity contribution in [1.82, 2.24) is 5.32 Å². The zero-order valence-electron chi connectivity index (χ0n) is 10.1. The minimum Gasteiger partial charge on any atom is -0.398 e. The second-order valence-corrected chi connectivity index (χ2v) is 4.08. The number of ketones is 1. The van der Waals surface area contributed by atoms with Crippen LogP contribution in [0.25, 0.3) is 0 Å². The molecule has 0 saturated heterocycles. The summed E-state index contributed by atoms with van der Waals surface area (Å²) in [7, 11) is 1.67. The van der Waals surface area contributed by atoms with E-state index in [1.807, 2.05) is 0 Å². The molecule has 1 atom stereocenters. The molecule has 1 unspecified atom stereocenters. The molecule has 0 heterocycles. The van der Waals surface area contributed by atoms with Crippen LogP contribution >= 0.6 is 0 Å². The van der Waals surface area contributed by atoms with Crippen molar-refractivity contribution in [2.75, 3.05) is 12.8 Å². The largest absolute Gasteiger partial charge is 0.418 e. The van der Waals surface area contributed by atoms with Gasteiger partial charge in [0.25, 0.3) is 0 Å². The summed E-state index contributed by atoms with van der Waals surface area (Å²) >= 11 is 0. The number of anilines is 1. The first-order valence-electron chi connectivity index (χ1n) is 5.43. The summed E-state index contributed by atoms with van der Waals surface area (Å²) in [6.45, 7) is 1.77. The zero-order chi connectivity index (χ0) is 13.9. The molecular formula is C12H15F3N2O. The van der Waals surface area contributed by atoms with Crippen LogP contribution in [0.4, 0.5) is 18.9 Å². The normalized spacial score (nSPS) is 13.4. The minimum atomic E-state index is -4.55. The van der Waals surface area contributed by atoms with Gasteiger partial charge in [-0.2, -0.15) is 13.2 Å². The monoisotopic (exact) mass is 260 g/mol. The highest BCUT2D eigenvalue weighted by Crippen LogP contribution is 2.35. The van der Waals surface area contributed by atoms with Gasteiger partial charge in [0, 0.05) is 18.0 Å². The zero-order valence-corrected chi connectivity index (χ0v) is 10.1. The molecule has 1 aromatic rings. The highest BCUT2D eigenvalue weighted by Gasteiger charge is 2.34. The molecule has 0 spiro atoms. The topological polar surface area (TPSA) is 55.1 Å². The van der Waals surface area contributed by atoms with Crippen LogP contribution in [0.2, 0.25) is 0 Å². The Morgan fingerprint density at radius 3 is 2.56 bits per heavy atom. The first-order valence-corrected chi connectivity index (χ1v) is 5.43. The highest BCUT2D eigenvalue weighted by atomic mass is 19.4. The number of carbonyl (C=O) groups is 1. The van der Waals surface area contributed by atoms with E-state index in [0.29, 0.717) is 0 Å². The molecule has 0 aromatic heterocycles. The Balaban J connectivity index is 3.08. The number of halogens is 3. The molecule has 0 aliphatic rings. The third-order valence-corrected chi connectivity index (χ3v) is 2.70. The van der Waals surface area contributed by atoms with Gasteiger partial charge in [0.15, 0.2) is 5.78 Å². The van der Waals surface area contributed by atoms with Crippen molar-refractivity contribution in [3.05, 3.63) is 29.3 Å². The van der Waals surface area contributed by atoms with Gasteiger partial charge in [-0.1, -0.05) is 6.07 Å². The van der Waals surface area contributed by atoms with E-state index < -0.39 is 23.2 Å². The first-order chi connectivity index (χ1) is 8.27. The van der Waals surface area contributed by atoms with Crippen molar-refractivity contribution in [3.8, 4) is 0 Å². The molecule has 1 rings (SSSR count). The van der Waals surface area contributed by atoms with Crippen LogP contribution in [0, 0.1) is 0 Å². The number of para-hydroxylation sites is 1. The smallest absolute Gasteiger partial charge is 0.398 e. The number of benzene rings is 1. The third-order valence-electron chi connectivity index (χ3n) is 2.70. The number of nitrogens with one attached hydrogen (secondary N) is 1. The van der Waals surface area contributed by atoms with E-state index in [-0.39, 0.29) is 18.0 Å². The summed E-state index contributed by atoms with van der Waals surface area (Å²) in [5.74, 6) is -0.402. The molecule has 6 heteroatoms. The van der Waals surface area contributed by atoms with Crippen LogP contribution in [-0.2, 0) is 6.18 Å². The maximum Gasteiger partial charge on any atom is 0.418 e. The summed E-state index contributed by atoms with van der Waals surface area (Å²) in [4.78, 5) is 11.8. The first kappa shape index (κ1) is 14.5. The molecule has 100 valence electrons. The lowest BCUT2D eigenvalue weighted by molar-refractivity contribution is -0.136. The predicted molar refractivity (Wildman–Crippen MR) is 63.3 cm³/mol. The van der Waals surface area contributed by atoms with Gasteiger partial charge in [0.2, 0.25) is 0 Å². The molecule has 0 aliphatic carbocycles. The van der Waals surface area contributed by atoms with Crippen molar-refractivity contribution in [2.24, 2.45) is 0 Å². The Kier molecular flexibility index (Phi) is 4.34. The Morgan fingerprint density at radius 1 is 1.44 bits per heavy atom. The standard InChI is InChI=1S/C12H15F3N2O/c1-7(17-2)6-10(18)8-4-3-5-9(11(8)16)12(13,14)15/h3-5,7,17H,6,16H2,1-2H3. The van der Waals surface area contributed by atoms with Crippen LogP contribution in [0.3, 0.4) is 0 Å². The molecular weight excluding hydrogens is 245 g/mol. The van der Waals surface area contributed by atoms with Crippen LogP contribution in [0.5, 0.6) is 0 Å². The van der Waals surface area contributed by atoms with Gasteiger partial charge >= 0.3 is 6.18 Å². The van der Waals surface area contributed by atoms with Gasteiger partial charge in [-0.25, -0.2) is 0 Å². The molecule has 0 amide bonds. The van der Waals surface area contributed by atoms with E-state index in [0.717, 1.165) is 6.07 Å². The summed E-state index contributed by atoms with van der Waals surface area (Å²) in [6.07, 6.45) is -4.45. The van der Waals surface area contributed by atoms with Gasteiger partial charge < -0.3 is 11.1 Å². The molecule has 3 N–H and O–H groups in total. The third kappa shape index (κ3) is 3.22. The summed E-state index contributed by atoms with van der Waals surface area (Å²) in [5, 5.41) is 2.85. The van der Waals surface area contributed by atoms with Gasteiger partial charge in [-0.15, -0.1) is 0 Å². The van der Waals surface area contributed by atoms with Gasteiger partial charge in [0.1, 0.15) is 0 Å². The Morgan fingerprint density at radius 2 is 2.06 bits per heavy atom. The van der Waals surface area contributed by atoms with Crippen molar-refractivity contribution in [2.45, 2.75) is 25.6 Å². The molecule has 0 saturated carbocycles. The number of nitrogen functional groups attached to an aromatic ring is 1. The van der Waals surface area contributed by atoms with Crippen LogP contribution in [0.1, 0.15) is 29.3 Å². The average Bonchev–Trinajstić information content (AvgIpc) is 2.27. The second-order valence-electron chi connectivity index (χ2n) is 4.08. The lowest BCUT2D eigenvalue weighted by atomic mass is 9.99. The van der Waals surface area contributed by atoms with E-state index in [9.17, 15) is 18.0 Å². The van der Waals surface area contributed by atoms with Crippen molar-refractivity contribution >= 4 is 11.5 Å². The molecule has 18 heavy (non-hydrogen) atoms.